The number of carbonyl (C=O) groups is 1. The van der Waals surface area contributed by atoms with E-state index in [2.05, 4.69) is 43.5 Å². The Morgan fingerprint density at radius 2 is 1.02 bits per heavy atom. The summed E-state index contributed by atoms with van der Waals surface area (Å²) in [6.45, 7) is 4.11. The maximum absolute atomic E-state index is 12.4. The Morgan fingerprint density at radius 3 is 1.54 bits per heavy atom. The molecule has 3 atom stereocenters. The van der Waals surface area contributed by atoms with Crippen LogP contribution in [0.1, 0.15) is 162 Å². The minimum absolute atomic E-state index is 0.370. The number of aliphatic hydroxyl groups is 3. The average Bonchev–Trinajstić information content (AvgIpc) is 2.98. The van der Waals surface area contributed by atoms with Gasteiger partial charge in [-0.05, 0) is 44.9 Å². The number of hydrogen-bond donors (Lipinski definition) is 4. The number of aliphatic hydroxyl groups excluding tert-OH is 3. The van der Waals surface area contributed by atoms with Crippen molar-refractivity contribution in [2.24, 2.45) is 0 Å². The van der Waals surface area contributed by atoms with Crippen LogP contribution >= 0.6 is 0 Å². The second kappa shape index (κ2) is 31.5. The normalized spacial score (nSPS) is 14.4. The predicted octanol–water partition coefficient (Wildman–Crippen LogP) is 8.87. The molecule has 0 bridgehead atoms. The molecule has 0 saturated heterocycles. The van der Waals surface area contributed by atoms with Gasteiger partial charge in [-0.2, -0.15) is 0 Å². The van der Waals surface area contributed by atoms with Gasteiger partial charge in [-0.15, -0.1) is 0 Å². The first-order valence-electron chi connectivity index (χ1n) is 17.3. The summed E-state index contributed by atoms with van der Waals surface area (Å²) >= 11 is 0. The van der Waals surface area contributed by atoms with Crippen molar-refractivity contribution in [2.75, 3.05) is 6.61 Å². The van der Waals surface area contributed by atoms with Gasteiger partial charge in [0.05, 0.1) is 18.8 Å². The standard InChI is InChI=1S/C36H67NO4/c1-3-5-7-9-11-13-15-17-19-21-23-25-27-29-31-35(40)36(41)37-33(32-38)34(39)30-28-26-24-22-20-18-16-14-12-10-8-6-4-2/h11,13,15,17,28,30,33-35,38-40H,3-10,12,14,16,18-27,29,31-32H2,1-2H3,(H,37,41)/b13-11-,17-15-,30-28+. The lowest BCUT2D eigenvalue weighted by Crippen LogP contribution is -2.48. The van der Waals surface area contributed by atoms with E-state index in [1.165, 1.54) is 89.9 Å². The fourth-order valence-corrected chi connectivity index (χ4v) is 4.94. The molecule has 0 spiro atoms. The second-order valence-corrected chi connectivity index (χ2v) is 11.8. The lowest BCUT2D eigenvalue weighted by Gasteiger charge is -2.21. The zero-order valence-electron chi connectivity index (χ0n) is 26.9. The molecular formula is C36H67NO4. The smallest absolute Gasteiger partial charge is 0.249 e. The van der Waals surface area contributed by atoms with Crippen LogP contribution < -0.4 is 5.32 Å². The molecule has 0 fully saturated rings. The van der Waals surface area contributed by atoms with Crippen molar-refractivity contribution in [3.05, 3.63) is 36.5 Å². The van der Waals surface area contributed by atoms with Gasteiger partial charge in [-0.1, -0.05) is 153 Å². The zero-order chi connectivity index (χ0) is 30.2. The van der Waals surface area contributed by atoms with Crippen LogP contribution in [0.15, 0.2) is 36.5 Å². The van der Waals surface area contributed by atoms with Crippen LogP contribution in [0.5, 0.6) is 0 Å². The fourth-order valence-electron chi connectivity index (χ4n) is 4.94. The zero-order valence-corrected chi connectivity index (χ0v) is 26.9. The molecule has 3 unspecified atom stereocenters. The first-order chi connectivity index (χ1) is 20.1. The Bertz CT molecular complexity index is 645. The first-order valence-corrected chi connectivity index (χ1v) is 17.3. The first kappa shape index (κ1) is 39.6. The third-order valence-electron chi connectivity index (χ3n) is 7.75. The molecule has 0 aliphatic rings. The van der Waals surface area contributed by atoms with Crippen molar-refractivity contribution in [3.63, 3.8) is 0 Å². The Kier molecular flexibility index (Phi) is 30.4. The number of hydrogen-bond acceptors (Lipinski definition) is 4. The largest absolute Gasteiger partial charge is 0.394 e. The second-order valence-electron chi connectivity index (χ2n) is 11.8. The summed E-state index contributed by atoms with van der Waals surface area (Å²) in [5.74, 6) is -0.519. The molecular weight excluding hydrogens is 510 g/mol. The quantitative estimate of drug-likeness (QED) is 0.0390. The van der Waals surface area contributed by atoms with Crippen LogP contribution in [0.3, 0.4) is 0 Å². The Hall–Kier alpha value is -1.43. The van der Waals surface area contributed by atoms with E-state index in [-0.39, 0.29) is 6.61 Å². The average molecular weight is 578 g/mol. The van der Waals surface area contributed by atoms with Gasteiger partial charge in [-0.25, -0.2) is 0 Å². The molecule has 0 aromatic rings. The predicted molar refractivity (Wildman–Crippen MR) is 176 cm³/mol. The van der Waals surface area contributed by atoms with Gasteiger partial charge >= 0.3 is 0 Å². The third-order valence-corrected chi connectivity index (χ3v) is 7.75. The summed E-state index contributed by atoms with van der Waals surface area (Å²) in [5.41, 5.74) is 0. The summed E-state index contributed by atoms with van der Waals surface area (Å²) < 4.78 is 0. The molecule has 0 aromatic heterocycles. The Morgan fingerprint density at radius 1 is 0.610 bits per heavy atom. The number of unbranched alkanes of at least 4 members (excludes halogenated alkanes) is 19. The summed E-state index contributed by atoms with van der Waals surface area (Å²) in [4.78, 5) is 12.4. The molecule has 5 nitrogen and oxygen atoms in total. The number of carbonyl (C=O) groups excluding carboxylic acids is 1. The number of amides is 1. The van der Waals surface area contributed by atoms with Gasteiger partial charge in [0.15, 0.2) is 0 Å². The molecule has 5 heteroatoms. The lowest BCUT2D eigenvalue weighted by molar-refractivity contribution is -0.131. The van der Waals surface area contributed by atoms with E-state index < -0.39 is 24.2 Å². The molecule has 0 heterocycles. The highest BCUT2D eigenvalue weighted by Gasteiger charge is 2.22. The summed E-state index contributed by atoms with van der Waals surface area (Å²) in [6, 6.07) is -0.801. The maximum Gasteiger partial charge on any atom is 0.249 e. The number of nitrogens with one attached hydrogen (secondary N) is 1. The minimum Gasteiger partial charge on any atom is -0.394 e. The van der Waals surface area contributed by atoms with E-state index >= 15 is 0 Å². The van der Waals surface area contributed by atoms with Gasteiger partial charge in [0, 0.05) is 0 Å². The van der Waals surface area contributed by atoms with Crippen LogP contribution in [-0.4, -0.2) is 46.1 Å². The van der Waals surface area contributed by atoms with Crippen LogP contribution in [-0.2, 0) is 4.79 Å². The van der Waals surface area contributed by atoms with E-state index in [1.54, 1.807) is 6.08 Å². The van der Waals surface area contributed by atoms with Gasteiger partial charge in [0.2, 0.25) is 5.91 Å². The molecule has 0 radical (unpaired) electrons. The van der Waals surface area contributed by atoms with Crippen molar-refractivity contribution in [1.82, 2.24) is 5.32 Å². The monoisotopic (exact) mass is 578 g/mol. The van der Waals surface area contributed by atoms with Crippen molar-refractivity contribution in [1.29, 1.82) is 0 Å². The van der Waals surface area contributed by atoms with Crippen molar-refractivity contribution >= 4 is 5.91 Å². The van der Waals surface area contributed by atoms with Crippen molar-refractivity contribution in [3.8, 4) is 0 Å². The van der Waals surface area contributed by atoms with E-state index in [1.807, 2.05) is 6.08 Å². The summed E-state index contributed by atoms with van der Waals surface area (Å²) in [5, 5.41) is 32.8. The van der Waals surface area contributed by atoms with E-state index in [0.29, 0.717) is 6.42 Å². The lowest BCUT2D eigenvalue weighted by atomic mass is 10.0. The topological polar surface area (TPSA) is 89.8 Å². The van der Waals surface area contributed by atoms with Crippen LogP contribution in [0.4, 0.5) is 0 Å². The molecule has 41 heavy (non-hydrogen) atoms. The molecule has 1 amide bonds. The highest BCUT2D eigenvalue weighted by atomic mass is 16.3. The van der Waals surface area contributed by atoms with Gasteiger partial charge in [0.1, 0.15) is 6.10 Å². The molecule has 4 N–H and O–H groups in total. The van der Waals surface area contributed by atoms with Gasteiger partial charge in [0.25, 0.3) is 0 Å². The molecule has 240 valence electrons. The molecule has 0 rings (SSSR count). The molecule has 0 aliphatic heterocycles. The van der Waals surface area contributed by atoms with E-state index in [9.17, 15) is 20.1 Å². The molecule has 0 aromatic carbocycles. The Balaban J connectivity index is 3.83. The summed E-state index contributed by atoms with van der Waals surface area (Å²) in [7, 11) is 0. The maximum atomic E-state index is 12.4. The van der Waals surface area contributed by atoms with Crippen molar-refractivity contribution in [2.45, 2.75) is 180 Å². The van der Waals surface area contributed by atoms with Gasteiger partial charge < -0.3 is 20.6 Å². The fraction of sp³-hybridized carbons (Fsp3) is 0.806. The van der Waals surface area contributed by atoms with Crippen LogP contribution in [0, 0.1) is 0 Å². The SMILES string of the molecule is CCCCC/C=C\C=C/CCCCCCCC(O)C(=O)NC(CO)C(O)/C=C/CCCCCCCCCCCCC. The minimum atomic E-state index is -1.11. The van der Waals surface area contributed by atoms with Gasteiger partial charge in [-0.3, -0.25) is 4.79 Å². The molecule has 0 saturated carbocycles. The highest BCUT2D eigenvalue weighted by Crippen LogP contribution is 2.13. The summed E-state index contributed by atoms with van der Waals surface area (Å²) in [6.07, 6.45) is 37.2. The van der Waals surface area contributed by atoms with Crippen LogP contribution in [0.2, 0.25) is 0 Å². The third kappa shape index (κ3) is 27.2. The number of rotatable bonds is 30. The van der Waals surface area contributed by atoms with E-state index in [0.717, 1.165) is 51.4 Å². The number of allylic oxidation sites excluding steroid dienone is 5. The Labute approximate surface area is 254 Å². The van der Waals surface area contributed by atoms with Crippen molar-refractivity contribution < 1.29 is 20.1 Å². The van der Waals surface area contributed by atoms with Crippen LogP contribution in [0.25, 0.3) is 0 Å². The molecule has 0 aliphatic carbocycles. The van der Waals surface area contributed by atoms with E-state index in [4.69, 9.17) is 0 Å². The highest BCUT2D eigenvalue weighted by molar-refractivity contribution is 5.80.